The van der Waals surface area contributed by atoms with Crippen molar-refractivity contribution < 1.29 is 32.3 Å². The predicted molar refractivity (Wildman–Crippen MR) is 139 cm³/mol. The molecule has 10 nitrogen and oxygen atoms in total. The molecule has 0 saturated carbocycles. The first-order chi connectivity index (χ1) is 18.2. The number of imide groups is 1. The van der Waals surface area contributed by atoms with Gasteiger partial charge in [0.15, 0.2) is 0 Å². The van der Waals surface area contributed by atoms with Crippen LogP contribution in [0.1, 0.15) is 40.5 Å². The van der Waals surface area contributed by atoms with Gasteiger partial charge in [-0.2, -0.15) is 0 Å². The van der Waals surface area contributed by atoms with Crippen LogP contribution in [-0.4, -0.2) is 50.3 Å². The fourth-order valence-electron chi connectivity index (χ4n) is 4.39. The Morgan fingerprint density at radius 3 is 2.42 bits per heavy atom. The molecule has 11 heteroatoms. The van der Waals surface area contributed by atoms with E-state index >= 15 is 0 Å². The van der Waals surface area contributed by atoms with E-state index in [2.05, 4.69) is 10.0 Å². The highest BCUT2D eigenvalue weighted by Crippen LogP contribution is 2.31. The van der Waals surface area contributed by atoms with Gasteiger partial charge in [-0.25, -0.2) is 8.42 Å². The summed E-state index contributed by atoms with van der Waals surface area (Å²) >= 11 is 0. The van der Waals surface area contributed by atoms with Crippen molar-refractivity contribution in [2.75, 3.05) is 23.2 Å². The summed E-state index contributed by atoms with van der Waals surface area (Å²) in [5.41, 5.74) is 1.32. The van der Waals surface area contributed by atoms with Crippen molar-refractivity contribution in [3.05, 3.63) is 77.9 Å². The second kappa shape index (κ2) is 10.3. The van der Waals surface area contributed by atoms with Crippen molar-refractivity contribution in [3.63, 3.8) is 0 Å². The van der Waals surface area contributed by atoms with Gasteiger partial charge in [0.05, 0.1) is 34.4 Å². The minimum absolute atomic E-state index is 0.0206. The summed E-state index contributed by atoms with van der Waals surface area (Å²) in [6, 6.07) is 16.8. The van der Waals surface area contributed by atoms with Crippen LogP contribution < -0.4 is 14.8 Å². The van der Waals surface area contributed by atoms with Gasteiger partial charge in [0.1, 0.15) is 11.5 Å². The molecule has 2 aliphatic rings. The normalized spacial score (nSPS) is 16.9. The van der Waals surface area contributed by atoms with Crippen LogP contribution in [0.25, 0.3) is 0 Å². The number of rotatable bonds is 8. The van der Waals surface area contributed by atoms with Crippen LogP contribution >= 0.6 is 0 Å². The Hall–Kier alpha value is -4.22. The molecule has 1 saturated heterocycles. The Morgan fingerprint density at radius 2 is 1.71 bits per heavy atom. The maximum atomic E-state index is 12.9. The number of amides is 3. The Balaban J connectivity index is 1.29. The van der Waals surface area contributed by atoms with Gasteiger partial charge in [0, 0.05) is 25.3 Å². The number of carbonyl (C=O) groups excluding carboxylic acids is 3. The van der Waals surface area contributed by atoms with E-state index < -0.39 is 15.9 Å². The molecule has 1 atom stereocenters. The van der Waals surface area contributed by atoms with Crippen LogP contribution in [0, 0.1) is 0 Å². The summed E-state index contributed by atoms with van der Waals surface area (Å²) in [6.45, 7) is 2.22. The fourth-order valence-corrected chi connectivity index (χ4v) is 5.43. The molecule has 0 aliphatic carbocycles. The van der Waals surface area contributed by atoms with Crippen LogP contribution in [0.2, 0.25) is 0 Å². The molecule has 0 bridgehead atoms. The van der Waals surface area contributed by atoms with Crippen molar-refractivity contribution in [3.8, 4) is 11.5 Å². The van der Waals surface area contributed by atoms with E-state index in [1.54, 1.807) is 30.3 Å². The molecule has 2 N–H and O–H groups in total. The number of benzene rings is 3. The van der Waals surface area contributed by atoms with Gasteiger partial charge in [-0.15, -0.1) is 0 Å². The summed E-state index contributed by atoms with van der Waals surface area (Å²) < 4.78 is 39.6. The number of nitrogens with one attached hydrogen (secondary N) is 2. The second-order valence-corrected chi connectivity index (χ2v) is 10.7. The van der Waals surface area contributed by atoms with Crippen molar-refractivity contribution in [2.24, 2.45) is 0 Å². The third-order valence-electron chi connectivity index (χ3n) is 6.16. The van der Waals surface area contributed by atoms with Crippen LogP contribution in [0.15, 0.2) is 71.6 Å². The molecule has 2 heterocycles. The quantitative estimate of drug-likeness (QED) is 0.417. The molecule has 0 radical (unpaired) electrons. The largest absolute Gasteiger partial charge is 0.457 e. The predicted octanol–water partition coefficient (Wildman–Crippen LogP) is 4.01. The third kappa shape index (κ3) is 5.38. The number of carbonyl (C=O) groups is 3. The van der Waals surface area contributed by atoms with Crippen LogP contribution in [0.5, 0.6) is 11.5 Å². The lowest BCUT2D eigenvalue weighted by molar-refractivity contribution is -0.114. The molecule has 3 aromatic carbocycles. The second-order valence-electron chi connectivity index (χ2n) is 9.00. The van der Waals surface area contributed by atoms with Gasteiger partial charge >= 0.3 is 0 Å². The molecular formula is C27H25N3O7S. The molecule has 3 amide bonds. The van der Waals surface area contributed by atoms with Gasteiger partial charge in [-0.3, -0.25) is 24.0 Å². The van der Waals surface area contributed by atoms with Crippen molar-refractivity contribution in [1.29, 1.82) is 0 Å². The lowest BCUT2D eigenvalue weighted by Gasteiger charge is -2.17. The Morgan fingerprint density at radius 1 is 0.974 bits per heavy atom. The average Bonchev–Trinajstić information content (AvgIpc) is 3.47. The van der Waals surface area contributed by atoms with E-state index in [1.165, 1.54) is 48.2 Å². The lowest BCUT2D eigenvalue weighted by Crippen LogP contribution is -2.36. The first-order valence-corrected chi connectivity index (χ1v) is 13.5. The third-order valence-corrected chi connectivity index (χ3v) is 7.56. The number of nitrogens with zero attached hydrogens (tertiary/aromatic N) is 1. The standard InChI is InChI=1S/C27H25N3O7S/c1-17(31)28-18-7-10-23(11-8-18)38(34,35)29-19-4-2-5-20(14-19)37-21-9-12-24-25(15-21)27(33)30(26(24)32)16-22-6-3-13-36-22/h2,4-5,7-12,14-15,22,29H,3,6,13,16H2,1H3,(H,28,31). The van der Waals surface area contributed by atoms with Gasteiger partial charge in [-0.1, -0.05) is 6.07 Å². The molecule has 196 valence electrons. The molecule has 3 aromatic rings. The number of hydrogen-bond donors (Lipinski definition) is 2. The molecule has 1 fully saturated rings. The Labute approximate surface area is 219 Å². The Kier molecular flexibility index (Phi) is 6.87. The van der Waals surface area contributed by atoms with Gasteiger partial charge in [-0.05, 0) is 67.4 Å². The molecule has 0 spiro atoms. The molecule has 0 aromatic heterocycles. The molecule has 1 unspecified atom stereocenters. The maximum Gasteiger partial charge on any atom is 0.261 e. The SMILES string of the molecule is CC(=O)Nc1ccc(S(=O)(=O)Nc2cccc(Oc3ccc4c(c3)C(=O)N(CC3CCCO3)C4=O)c2)cc1. The van der Waals surface area contributed by atoms with Gasteiger partial charge in [0.2, 0.25) is 5.91 Å². The zero-order valence-corrected chi connectivity index (χ0v) is 21.3. The number of sulfonamides is 1. The van der Waals surface area contributed by atoms with E-state index in [9.17, 15) is 22.8 Å². The fraction of sp³-hybridized carbons (Fsp3) is 0.222. The maximum absolute atomic E-state index is 12.9. The van der Waals surface area contributed by atoms with Gasteiger partial charge in [0.25, 0.3) is 21.8 Å². The van der Waals surface area contributed by atoms with Crippen molar-refractivity contribution in [2.45, 2.75) is 30.8 Å². The smallest absolute Gasteiger partial charge is 0.261 e. The molecule has 2 aliphatic heterocycles. The van der Waals surface area contributed by atoms with E-state index in [1.807, 2.05) is 0 Å². The minimum Gasteiger partial charge on any atom is -0.457 e. The van der Waals surface area contributed by atoms with Crippen molar-refractivity contribution >= 4 is 39.1 Å². The first-order valence-electron chi connectivity index (χ1n) is 12.0. The highest BCUT2D eigenvalue weighted by atomic mass is 32.2. The Bertz CT molecular complexity index is 1510. The molecule has 5 rings (SSSR count). The summed E-state index contributed by atoms with van der Waals surface area (Å²) in [5, 5.41) is 2.58. The number of fused-ring (bicyclic) bond motifs is 1. The summed E-state index contributed by atoms with van der Waals surface area (Å²) in [5.74, 6) is -0.340. The number of ether oxygens (including phenoxy) is 2. The zero-order valence-electron chi connectivity index (χ0n) is 20.5. The van der Waals surface area contributed by atoms with Crippen LogP contribution in [-0.2, 0) is 19.6 Å². The minimum atomic E-state index is -3.90. The van der Waals surface area contributed by atoms with Crippen molar-refractivity contribution in [1.82, 2.24) is 4.90 Å². The monoisotopic (exact) mass is 535 g/mol. The highest BCUT2D eigenvalue weighted by molar-refractivity contribution is 7.92. The van der Waals surface area contributed by atoms with Crippen LogP contribution in [0.4, 0.5) is 11.4 Å². The zero-order chi connectivity index (χ0) is 26.9. The summed E-state index contributed by atoms with van der Waals surface area (Å²) in [4.78, 5) is 38.1. The van der Waals surface area contributed by atoms with E-state index in [4.69, 9.17) is 9.47 Å². The van der Waals surface area contributed by atoms with E-state index in [0.717, 1.165) is 12.8 Å². The number of anilines is 2. The van der Waals surface area contributed by atoms with Crippen LogP contribution in [0.3, 0.4) is 0 Å². The van der Waals surface area contributed by atoms with E-state index in [-0.39, 0.29) is 40.6 Å². The summed E-state index contributed by atoms with van der Waals surface area (Å²) in [7, 11) is -3.90. The highest BCUT2D eigenvalue weighted by Gasteiger charge is 2.37. The van der Waals surface area contributed by atoms with Gasteiger partial charge < -0.3 is 14.8 Å². The summed E-state index contributed by atoms with van der Waals surface area (Å²) in [6.07, 6.45) is 1.57. The van der Waals surface area contributed by atoms with E-state index in [0.29, 0.717) is 29.4 Å². The topological polar surface area (TPSA) is 131 Å². The lowest BCUT2D eigenvalue weighted by atomic mass is 10.1. The molecule has 38 heavy (non-hydrogen) atoms. The first kappa shape index (κ1) is 25.4. The number of hydrogen-bond acceptors (Lipinski definition) is 7. The molecular weight excluding hydrogens is 510 g/mol. The average molecular weight is 536 g/mol.